The van der Waals surface area contributed by atoms with Crippen LogP contribution in [-0.4, -0.2) is 21.8 Å². The molecule has 0 saturated heterocycles. The second-order valence-corrected chi connectivity index (χ2v) is 6.83. The fraction of sp³-hybridized carbons (Fsp3) is 1.00. The van der Waals surface area contributed by atoms with Gasteiger partial charge in [-0.1, -0.05) is 64.7 Å². The van der Waals surface area contributed by atoms with Crippen molar-refractivity contribution in [2.45, 2.75) is 83.5 Å². The van der Waals surface area contributed by atoms with E-state index in [4.69, 9.17) is 18.5 Å². The molecule has 4 nitrogen and oxygen atoms in total. The standard InChI is InChI=1S/C14H31O4PS/c1-3-4-5-6-7-8-9-10-11-12-13-17-20-14(2)18-19(15)16/h14-16H,3-13H2,1-2H3. The molecule has 20 heavy (non-hydrogen) atoms. The van der Waals surface area contributed by atoms with E-state index in [1.54, 1.807) is 6.92 Å². The summed E-state index contributed by atoms with van der Waals surface area (Å²) in [5.74, 6) is 0. The van der Waals surface area contributed by atoms with Crippen LogP contribution in [0.3, 0.4) is 0 Å². The fourth-order valence-electron chi connectivity index (χ4n) is 1.94. The average Bonchev–Trinajstić information content (AvgIpc) is 2.39. The highest BCUT2D eigenvalue weighted by molar-refractivity contribution is 7.95. The van der Waals surface area contributed by atoms with Crippen molar-refractivity contribution in [3.63, 3.8) is 0 Å². The number of rotatable bonds is 15. The van der Waals surface area contributed by atoms with E-state index in [1.807, 2.05) is 0 Å². The Labute approximate surface area is 129 Å². The summed E-state index contributed by atoms with van der Waals surface area (Å²) >= 11 is 1.16. The van der Waals surface area contributed by atoms with Crippen LogP contribution in [0.4, 0.5) is 0 Å². The van der Waals surface area contributed by atoms with Gasteiger partial charge in [-0.15, -0.1) is 0 Å². The van der Waals surface area contributed by atoms with Crippen molar-refractivity contribution in [1.82, 2.24) is 0 Å². The van der Waals surface area contributed by atoms with E-state index in [1.165, 1.54) is 57.8 Å². The van der Waals surface area contributed by atoms with Crippen LogP contribution >= 0.6 is 20.6 Å². The van der Waals surface area contributed by atoms with Gasteiger partial charge in [0, 0.05) is 12.0 Å². The Morgan fingerprint density at radius 1 is 0.900 bits per heavy atom. The van der Waals surface area contributed by atoms with Crippen molar-refractivity contribution >= 4 is 20.6 Å². The average molecular weight is 326 g/mol. The molecule has 0 aliphatic carbocycles. The highest BCUT2D eigenvalue weighted by Gasteiger charge is 2.09. The molecule has 1 atom stereocenters. The lowest BCUT2D eigenvalue weighted by atomic mass is 10.1. The molecule has 0 fully saturated rings. The molecule has 0 radical (unpaired) electrons. The maximum Gasteiger partial charge on any atom is 0.328 e. The van der Waals surface area contributed by atoms with Gasteiger partial charge in [0.25, 0.3) is 0 Å². The molecular weight excluding hydrogens is 295 g/mol. The van der Waals surface area contributed by atoms with Crippen LogP contribution in [0.5, 0.6) is 0 Å². The van der Waals surface area contributed by atoms with Crippen molar-refractivity contribution < 1.29 is 18.5 Å². The molecule has 0 aromatic carbocycles. The molecule has 0 aromatic heterocycles. The Morgan fingerprint density at radius 2 is 1.40 bits per heavy atom. The maximum atomic E-state index is 8.64. The van der Waals surface area contributed by atoms with E-state index in [9.17, 15) is 0 Å². The summed E-state index contributed by atoms with van der Waals surface area (Å²) in [5, 5.41) is 0. The minimum atomic E-state index is -2.28. The molecule has 0 rings (SSSR count). The minimum absolute atomic E-state index is 0.334. The van der Waals surface area contributed by atoms with Gasteiger partial charge in [0.2, 0.25) is 0 Å². The first kappa shape index (κ1) is 20.6. The summed E-state index contributed by atoms with van der Waals surface area (Å²) in [4.78, 5) is 17.3. The minimum Gasteiger partial charge on any atom is -0.328 e. The molecular formula is C14H31O4PS. The van der Waals surface area contributed by atoms with Gasteiger partial charge in [-0.2, -0.15) is 0 Å². The summed E-state index contributed by atoms with van der Waals surface area (Å²) in [7, 11) is -2.28. The molecule has 0 heterocycles. The van der Waals surface area contributed by atoms with E-state index in [-0.39, 0.29) is 5.44 Å². The van der Waals surface area contributed by atoms with Crippen LogP contribution in [0.25, 0.3) is 0 Å². The Morgan fingerprint density at radius 3 is 1.90 bits per heavy atom. The van der Waals surface area contributed by atoms with Gasteiger partial charge in [-0.25, -0.2) is 0 Å². The quantitative estimate of drug-likeness (QED) is 0.189. The largest absolute Gasteiger partial charge is 0.328 e. The molecule has 0 bridgehead atoms. The molecule has 0 amide bonds. The Balaban J connectivity index is 3.06. The van der Waals surface area contributed by atoms with Gasteiger partial charge in [0.1, 0.15) is 5.44 Å². The molecule has 0 saturated carbocycles. The number of hydrogen-bond donors (Lipinski definition) is 2. The molecule has 1 unspecified atom stereocenters. The first-order valence-corrected chi connectivity index (χ1v) is 9.76. The van der Waals surface area contributed by atoms with Gasteiger partial charge in [-0.05, 0) is 13.3 Å². The van der Waals surface area contributed by atoms with E-state index in [0.29, 0.717) is 6.61 Å². The predicted molar refractivity (Wildman–Crippen MR) is 87.3 cm³/mol. The third-order valence-corrected chi connectivity index (χ3v) is 4.34. The summed E-state index contributed by atoms with van der Waals surface area (Å²) in [5.41, 5.74) is -0.334. The van der Waals surface area contributed by atoms with E-state index >= 15 is 0 Å². The van der Waals surface area contributed by atoms with Crippen LogP contribution in [0.15, 0.2) is 0 Å². The van der Waals surface area contributed by atoms with Crippen molar-refractivity contribution in [3.8, 4) is 0 Å². The van der Waals surface area contributed by atoms with Gasteiger partial charge in [0.15, 0.2) is 0 Å². The maximum absolute atomic E-state index is 8.64. The molecule has 122 valence electrons. The van der Waals surface area contributed by atoms with Crippen LogP contribution in [0.1, 0.15) is 78.1 Å². The monoisotopic (exact) mass is 326 g/mol. The van der Waals surface area contributed by atoms with Crippen molar-refractivity contribution in [1.29, 1.82) is 0 Å². The van der Waals surface area contributed by atoms with Crippen LogP contribution in [-0.2, 0) is 8.71 Å². The van der Waals surface area contributed by atoms with E-state index in [2.05, 4.69) is 6.92 Å². The van der Waals surface area contributed by atoms with Crippen LogP contribution in [0.2, 0.25) is 0 Å². The highest BCUT2D eigenvalue weighted by atomic mass is 32.2. The van der Waals surface area contributed by atoms with E-state index < -0.39 is 8.60 Å². The Hall–Kier alpha value is 0.620. The number of hydrogen-bond acceptors (Lipinski definition) is 5. The Kier molecular flexibility index (Phi) is 16.5. The predicted octanol–water partition coefficient (Wildman–Crippen LogP) is 5.15. The van der Waals surface area contributed by atoms with Gasteiger partial charge in [-0.3, -0.25) is 4.52 Å². The lowest BCUT2D eigenvalue weighted by Crippen LogP contribution is -2.00. The molecule has 0 aliphatic rings. The van der Waals surface area contributed by atoms with Crippen molar-refractivity contribution in [2.24, 2.45) is 0 Å². The first-order chi connectivity index (χ1) is 9.66. The zero-order chi connectivity index (χ0) is 15.1. The third-order valence-electron chi connectivity index (χ3n) is 3.03. The Bertz CT molecular complexity index is 196. The first-order valence-electron chi connectivity index (χ1n) is 7.79. The van der Waals surface area contributed by atoms with Gasteiger partial charge >= 0.3 is 8.60 Å². The summed E-state index contributed by atoms with van der Waals surface area (Å²) in [6, 6.07) is 0. The van der Waals surface area contributed by atoms with Gasteiger partial charge in [0.05, 0.1) is 6.61 Å². The smallest absolute Gasteiger partial charge is 0.328 e. The molecule has 0 aromatic rings. The normalized spacial score (nSPS) is 13.1. The van der Waals surface area contributed by atoms with Gasteiger partial charge < -0.3 is 14.0 Å². The summed E-state index contributed by atoms with van der Waals surface area (Å²) in [6.45, 7) is 4.69. The lowest BCUT2D eigenvalue weighted by molar-refractivity contribution is 0.235. The number of unbranched alkanes of at least 4 members (excludes halogenated alkanes) is 9. The van der Waals surface area contributed by atoms with Crippen LogP contribution in [0, 0.1) is 0 Å². The van der Waals surface area contributed by atoms with Crippen molar-refractivity contribution in [3.05, 3.63) is 0 Å². The molecule has 6 heteroatoms. The van der Waals surface area contributed by atoms with Crippen molar-refractivity contribution in [2.75, 3.05) is 6.61 Å². The fourth-order valence-corrected chi connectivity index (χ4v) is 2.99. The van der Waals surface area contributed by atoms with E-state index in [0.717, 1.165) is 18.5 Å². The third kappa shape index (κ3) is 16.7. The zero-order valence-corrected chi connectivity index (χ0v) is 14.6. The highest BCUT2D eigenvalue weighted by Crippen LogP contribution is 2.31. The second kappa shape index (κ2) is 16.0. The SMILES string of the molecule is CCCCCCCCCCCCOSC(C)OP(O)O. The second-order valence-electron chi connectivity index (χ2n) is 5.03. The molecule has 0 spiro atoms. The summed E-state index contributed by atoms with van der Waals surface area (Å²) in [6.07, 6.45) is 13.1. The summed E-state index contributed by atoms with van der Waals surface area (Å²) < 4.78 is 10.1. The van der Waals surface area contributed by atoms with Crippen LogP contribution < -0.4 is 0 Å². The molecule has 0 aliphatic heterocycles. The topological polar surface area (TPSA) is 58.9 Å². The molecule has 2 N–H and O–H groups in total. The lowest BCUT2D eigenvalue weighted by Gasteiger charge is -2.11. The zero-order valence-electron chi connectivity index (χ0n) is 12.9.